The second-order valence-electron chi connectivity index (χ2n) is 17.1. The highest BCUT2D eigenvalue weighted by atomic mass is 16.5. The van der Waals surface area contributed by atoms with E-state index >= 15 is 0 Å². The van der Waals surface area contributed by atoms with E-state index in [1.807, 2.05) is 0 Å². The Labute approximate surface area is 445 Å². The third kappa shape index (κ3) is 15.5. The SMILES string of the molecule is COCCNC(=O)c1ccc(C(=O)NCCN2CCNC(=O)c3ccc(c(O)c3O)C(=O)NCCN(CCNC(=O)c3ccc(C(=O)NCCOC)c(O)c3O)CCNC(=O)c3ccc(c(O)c3O)C(=O)NCC2)c(O)c1O. The number of carbonyl (C=O) groups excluding carboxylic acids is 8. The van der Waals surface area contributed by atoms with Crippen LogP contribution in [0.2, 0.25) is 0 Å². The summed E-state index contributed by atoms with van der Waals surface area (Å²) < 4.78 is 9.75. The van der Waals surface area contributed by atoms with E-state index in [-0.39, 0.29) is 127 Å². The number of nitrogens with one attached hydrogen (secondary N) is 8. The molecule has 0 saturated carbocycles. The van der Waals surface area contributed by atoms with E-state index in [4.69, 9.17) is 9.47 Å². The molecule has 4 bridgehead atoms. The summed E-state index contributed by atoms with van der Waals surface area (Å²) in [4.78, 5) is 108. The molecule has 0 aliphatic carbocycles. The number of rotatable bonds is 16. The number of methoxy groups -OCH3 is 2. The lowest BCUT2D eigenvalue weighted by atomic mass is 10.1. The maximum atomic E-state index is 13.3. The van der Waals surface area contributed by atoms with Crippen molar-refractivity contribution in [1.29, 1.82) is 0 Å². The van der Waals surface area contributed by atoms with E-state index in [9.17, 15) is 79.2 Å². The number of benzene rings is 4. The molecule has 0 spiro atoms. The molecule has 0 saturated heterocycles. The third-order valence-electron chi connectivity index (χ3n) is 12.0. The number of carbonyl (C=O) groups is 8. The van der Waals surface area contributed by atoms with Crippen LogP contribution >= 0.6 is 0 Å². The van der Waals surface area contributed by atoms with Crippen molar-refractivity contribution in [1.82, 2.24) is 52.3 Å². The lowest BCUT2D eigenvalue weighted by Gasteiger charge is -2.23. The van der Waals surface area contributed by atoms with Crippen molar-refractivity contribution in [3.63, 3.8) is 0 Å². The highest BCUT2D eigenvalue weighted by Gasteiger charge is 2.26. The molecule has 0 atom stereocenters. The van der Waals surface area contributed by atoms with Gasteiger partial charge in [-0.15, -0.1) is 0 Å². The van der Waals surface area contributed by atoms with Gasteiger partial charge in [0, 0.05) is 106 Å². The molecule has 78 heavy (non-hydrogen) atoms. The van der Waals surface area contributed by atoms with Gasteiger partial charge in [0.25, 0.3) is 47.3 Å². The first-order valence-corrected chi connectivity index (χ1v) is 24.2. The number of hydrogen-bond donors (Lipinski definition) is 16. The zero-order valence-electron chi connectivity index (χ0n) is 42.5. The van der Waals surface area contributed by atoms with Gasteiger partial charge >= 0.3 is 0 Å². The summed E-state index contributed by atoms with van der Waals surface area (Å²) in [7, 11) is 2.86. The van der Waals surface area contributed by atoms with Crippen LogP contribution in [0.5, 0.6) is 46.0 Å². The molecular formula is C50H62N10O18. The van der Waals surface area contributed by atoms with Crippen LogP contribution in [0.1, 0.15) is 82.9 Å². The normalized spacial score (nSPS) is 14.4. The van der Waals surface area contributed by atoms with E-state index in [0.29, 0.717) is 0 Å². The summed E-state index contributed by atoms with van der Waals surface area (Å²) in [6.45, 7) is 0.0738. The molecule has 4 aliphatic heterocycles. The average molecular weight is 1090 g/mol. The lowest BCUT2D eigenvalue weighted by molar-refractivity contribution is 0.0915. The summed E-state index contributed by atoms with van der Waals surface area (Å²) in [5, 5.41) is 106. The zero-order valence-corrected chi connectivity index (χ0v) is 42.5. The first-order chi connectivity index (χ1) is 37.3. The quantitative estimate of drug-likeness (QED) is 0.0434. The van der Waals surface area contributed by atoms with Crippen LogP contribution in [-0.2, 0) is 9.47 Å². The van der Waals surface area contributed by atoms with Crippen molar-refractivity contribution in [2.45, 2.75) is 0 Å². The zero-order chi connectivity index (χ0) is 57.1. The average Bonchev–Trinajstić information content (AvgIpc) is 3.43. The van der Waals surface area contributed by atoms with Crippen LogP contribution in [0, 0.1) is 0 Å². The molecule has 16 N–H and O–H groups in total. The summed E-state index contributed by atoms with van der Waals surface area (Å²) in [5.41, 5.74) is -2.88. The predicted molar refractivity (Wildman–Crippen MR) is 274 cm³/mol. The van der Waals surface area contributed by atoms with E-state index in [1.54, 1.807) is 9.80 Å². The van der Waals surface area contributed by atoms with Crippen LogP contribution in [-0.4, -0.2) is 217 Å². The number of amides is 8. The molecule has 420 valence electrons. The van der Waals surface area contributed by atoms with E-state index < -0.39 is 116 Å². The van der Waals surface area contributed by atoms with E-state index in [2.05, 4.69) is 42.5 Å². The smallest absolute Gasteiger partial charge is 0.255 e. The van der Waals surface area contributed by atoms with Gasteiger partial charge in [-0.25, -0.2) is 0 Å². The largest absolute Gasteiger partial charge is 0.504 e. The fraction of sp³-hybridized carbons (Fsp3) is 0.360. The summed E-state index contributed by atoms with van der Waals surface area (Å²) in [6, 6.07) is 9.02. The second-order valence-corrected chi connectivity index (χ2v) is 17.1. The Morgan fingerprint density at radius 1 is 0.397 bits per heavy atom. The van der Waals surface area contributed by atoms with Crippen molar-refractivity contribution >= 4 is 47.3 Å². The van der Waals surface area contributed by atoms with Gasteiger partial charge in [-0.05, 0) is 48.5 Å². The fourth-order valence-electron chi connectivity index (χ4n) is 7.72. The Kier molecular flexibility index (Phi) is 22.0. The van der Waals surface area contributed by atoms with Crippen LogP contribution in [0.15, 0.2) is 48.5 Å². The van der Waals surface area contributed by atoms with E-state index in [0.717, 1.165) is 48.5 Å². The molecule has 4 aliphatic rings. The topological polar surface area (TPSA) is 420 Å². The molecule has 4 aromatic rings. The van der Waals surface area contributed by atoms with Gasteiger partial charge in [0.15, 0.2) is 46.0 Å². The Morgan fingerprint density at radius 3 is 0.859 bits per heavy atom. The minimum Gasteiger partial charge on any atom is -0.504 e. The molecule has 0 fully saturated rings. The Morgan fingerprint density at radius 2 is 0.628 bits per heavy atom. The number of nitrogens with zero attached hydrogens (tertiary/aromatic N) is 2. The third-order valence-corrected chi connectivity index (χ3v) is 12.0. The van der Waals surface area contributed by atoms with Gasteiger partial charge in [0.1, 0.15) is 0 Å². The Balaban J connectivity index is 1.29. The van der Waals surface area contributed by atoms with Gasteiger partial charge in [-0.2, -0.15) is 0 Å². The van der Waals surface area contributed by atoms with Crippen molar-refractivity contribution < 1.29 is 88.7 Å². The van der Waals surface area contributed by atoms with Gasteiger partial charge in [-0.3, -0.25) is 48.2 Å². The summed E-state index contributed by atoms with van der Waals surface area (Å²) in [5.74, 6) is -13.5. The van der Waals surface area contributed by atoms with Crippen LogP contribution in [0.4, 0.5) is 0 Å². The van der Waals surface area contributed by atoms with Gasteiger partial charge in [-0.1, -0.05) is 0 Å². The molecule has 0 aromatic heterocycles. The molecule has 4 aromatic carbocycles. The molecule has 0 unspecified atom stereocenters. The molecule has 8 amide bonds. The van der Waals surface area contributed by atoms with Crippen LogP contribution in [0.3, 0.4) is 0 Å². The van der Waals surface area contributed by atoms with Gasteiger partial charge in [0.2, 0.25) is 0 Å². The van der Waals surface area contributed by atoms with Crippen molar-refractivity contribution in [3.8, 4) is 46.0 Å². The molecule has 8 rings (SSSR count). The Hall–Kier alpha value is -9.12. The highest BCUT2D eigenvalue weighted by Crippen LogP contribution is 2.36. The summed E-state index contributed by atoms with van der Waals surface area (Å²) in [6.07, 6.45) is 0. The number of phenols is 8. The maximum absolute atomic E-state index is 13.3. The number of aromatic hydroxyl groups is 8. The van der Waals surface area contributed by atoms with E-state index in [1.165, 1.54) is 14.2 Å². The van der Waals surface area contributed by atoms with Gasteiger partial charge < -0.3 is 92.9 Å². The number of hydrogen-bond acceptors (Lipinski definition) is 20. The van der Waals surface area contributed by atoms with Crippen LogP contribution < -0.4 is 42.5 Å². The monoisotopic (exact) mass is 1090 g/mol. The molecule has 0 radical (unpaired) electrons. The first-order valence-electron chi connectivity index (χ1n) is 24.2. The minimum atomic E-state index is -0.910. The second kappa shape index (κ2) is 28.7. The molecule has 28 heteroatoms. The predicted octanol–water partition coefficient (Wildman–Crippen LogP) is -1.82. The standard InChI is InChI=1S/C50H62N10O18/c1-77-25-17-57-49(75)33-9-7-31(39(65)41(33)67)47(73)55-15-23-59-19-11-51-43(69)27-3-5-29(37(63)35(27)61)45(71)53-13-21-60(22-14-54-46(72)30-6-4-28(36(62)38(30)64)44(70)52-12-20-59)24-16-56-48(74)32-8-10-34(42(68)40(32)66)50(76)58-18-26-78-2/h3-10,61-68H,11-26H2,1-2H3,(H,51,69)(H,52,70)(H,53,71)(H,54,72)(H,55,73)(H,56,74)(H,57,75)(H,58,76). The fourth-order valence-corrected chi connectivity index (χ4v) is 7.72. The molecule has 4 heterocycles. The Bertz CT molecular complexity index is 2600. The highest BCUT2D eigenvalue weighted by molar-refractivity contribution is 6.05. The minimum absolute atomic E-state index is 0.0302. The van der Waals surface area contributed by atoms with Crippen molar-refractivity contribution in [3.05, 3.63) is 93.0 Å². The molecular weight excluding hydrogens is 1030 g/mol. The number of phenolic OH excluding ortho intramolecular Hbond substituents is 8. The lowest BCUT2D eigenvalue weighted by Crippen LogP contribution is -2.43. The summed E-state index contributed by atoms with van der Waals surface area (Å²) >= 11 is 0. The molecule has 28 nitrogen and oxygen atoms in total. The number of ether oxygens (including phenoxy) is 2. The maximum Gasteiger partial charge on any atom is 0.255 e. The van der Waals surface area contributed by atoms with Crippen LogP contribution in [0.25, 0.3) is 0 Å². The van der Waals surface area contributed by atoms with Crippen molar-refractivity contribution in [2.75, 3.05) is 119 Å². The van der Waals surface area contributed by atoms with Gasteiger partial charge in [0.05, 0.1) is 57.7 Å². The van der Waals surface area contributed by atoms with Crippen molar-refractivity contribution in [2.24, 2.45) is 0 Å². The first kappa shape index (κ1) is 59.8.